The van der Waals surface area contributed by atoms with E-state index in [1.54, 1.807) is 0 Å². The topological polar surface area (TPSA) is 41.6 Å². The van der Waals surface area contributed by atoms with Crippen molar-refractivity contribution in [3.8, 4) is 0 Å². The monoisotopic (exact) mass is 276 g/mol. The third-order valence-corrected chi connectivity index (χ3v) is 3.80. The molecule has 1 aliphatic rings. The zero-order chi connectivity index (χ0) is 14.2. The second kappa shape index (κ2) is 8.02. The number of ether oxygens (including phenoxy) is 1. The number of hydrogen-bond donors (Lipinski definition) is 1. The minimum absolute atomic E-state index is 0.121. The van der Waals surface area contributed by atoms with E-state index in [9.17, 15) is 4.79 Å². The van der Waals surface area contributed by atoms with Crippen LogP contribution in [-0.4, -0.2) is 43.7 Å². The van der Waals surface area contributed by atoms with Gasteiger partial charge in [0.1, 0.15) is 0 Å². The Morgan fingerprint density at radius 3 is 2.95 bits per heavy atom. The second-order valence-corrected chi connectivity index (χ2v) is 5.33. The van der Waals surface area contributed by atoms with Crippen molar-refractivity contribution in [2.24, 2.45) is 0 Å². The fourth-order valence-electron chi connectivity index (χ4n) is 2.63. The lowest BCUT2D eigenvalue weighted by Gasteiger charge is -2.33. The molecule has 0 bridgehead atoms. The number of methoxy groups -OCH3 is 1. The molecule has 1 fully saturated rings. The van der Waals surface area contributed by atoms with Crippen LogP contribution in [-0.2, 0) is 16.1 Å². The zero-order valence-corrected chi connectivity index (χ0v) is 12.2. The maximum absolute atomic E-state index is 11.2. The van der Waals surface area contributed by atoms with Gasteiger partial charge >= 0.3 is 5.97 Å². The SMILES string of the molecule is COC(=O)CCN1CCCC(NCc2ccccc2)C1. The standard InChI is InChI=1S/C16H24N2O2/c1-20-16(19)9-11-18-10-5-8-15(13-18)17-12-14-6-3-2-4-7-14/h2-4,6-7,15,17H,5,8-13H2,1H3. The number of nitrogens with zero attached hydrogens (tertiary/aromatic N) is 1. The van der Waals surface area contributed by atoms with Crippen LogP contribution in [0.3, 0.4) is 0 Å². The fourth-order valence-corrected chi connectivity index (χ4v) is 2.63. The van der Waals surface area contributed by atoms with Gasteiger partial charge in [-0.2, -0.15) is 0 Å². The van der Waals surface area contributed by atoms with Gasteiger partial charge in [0, 0.05) is 25.7 Å². The van der Waals surface area contributed by atoms with Crippen LogP contribution in [0.1, 0.15) is 24.8 Å². The number of carbonyl (C=O) groups is 1. The Balaban J connectivity index is 1.71. The molecule has 0 saturated carbocycles. The summed E-state index contributed by atoms with van der Waals surface area (Å²) in [6, 6.07) is 11.0. The molecule has 0 amide bonds. The molecule has 0 aromatic heterocycles. The third kappa shape index (κ3) is 4.94. The number of rotatable bonds is 6. The van der Waals surface area contributed by atoms with Gasteiger partial charge in [0.2, 0.25) is 0 Å². The Bertz CT molecular complexity index is 408. The van der Waals surface area contributed by atoms with Crippen LogP contribution >= 0.6 is 0 Å². The molecule has 0 aliphatic carbocycles. The summed E-state index contributed by atoms with van der Waals surface area (Å²) in [5.41, 5.74) is 1.32. The van der Waals surface area contributed by atoms with Gasteiger partial charge in [0.25, 0.3) is 0 Å². The van der Waals surface area contributed by atoms with E-state index in [1.807, 2.05) is 6.07 Å². The molecule has 1 unspecified atom stereocenters. The van der Waals surface area contributed by atoms with Gasteiger partial charge in [-0.05, 0) is 24.9 Å². The van der Waals surface area contributed by atoms with Crippen molar-refractivity contribution >= 4 is 5.97 Å². The summed E-state index contributed by atoms with van der Waals surface area (Å²) < 4.78 is 4.69. The molecule has 2 rings (SSSR count). The van der Waals surface area contributed by atoms with E-state index in [1.165, 1.54) is 25.5 Å². The third-order valence-electron chi connectivity index (χ3n) is 3.80. The van der Waals surface area contributed by atoms with Gasteiger partial charge in [0.05, 0.1) is 13.5 Å². The number of benzene rings is 1. The van der Waals surface area contributed by atoms with Gasteiger partial charge in [-0.3, -0.25) is 4.79 Å². The molecule has 1 aromatic rings. The van der Waals surface area contributed by atoms with Gasteiger partial charge < -0.3 is 15.0 Å². The smallest absolute Gasteiger partial charge is 0.306 e. The van der Waals surface area contributed by atoms with Crippen LogP contribution < -0.4 is 5.32 Å². The first-order valence-electron chi connectivity index (χ1n) is 7.34. The largest absolute Gasteiger partial charge is 0.469 e. The number of esters is 1. The number of nitrogens with one attached hydrogen (secondary N) is 1. The predicted molar refractivity (Wildman–Crippen MR) is 79.4 cm³/mol. The lowest BCUT2D eigenvalue weighted by molar-refractivity contribution is -0.141. The van der Waals surface area contributed by atoms with Crippen LogP contribution in [0.2, 0.25) is 0 Å². The van der Waals surface area contributed by atoms with E-state index >= 15 is 0 Å². The molecule has 1 aliphatic heterocycles. The molecular formula is C16H24N2O2. The molecule has 1 atom stereocenters. The number of likely N-dealkylation sites (tertiary alicyclic amines) is 1. The van der Waals surface area contributed by atoms with Crippen LogP contribution in [0.4, 0.5) is 0 Å². The van der Waals surface area contributed by atoms with Crippen molar-refractivity contribution in [2.75, 3.05) is 26.7 Å². The molecule has 0 spiro atoms. The van der Waals surface area contributed by atoms with E-state index in [2.05, 4.69) is 34.5 Å². The summed E-state index contributed by atoms with van der Waals surface area (Å²) in [4.78, 5) is 13.5. The van der Waals surface area contributed by atoms with Gasteiger partial charge in [0.15, 0.2) is 0 Å². The van der Waals surface area contributed by atoms with E-state index in [4.69, 9.17) is 4.74 Å². The summed E-state index contributed by atoms with van der Waals surface area (Å²) in [5, 5.41) is 3.61. The lowest BCUT2D eigenvalue weighted by atomic mass is 10.0. The number of hydrogen-bond acceptors (Lipinski definition) is 4. The van der Waals surface area contributed by atoms with Crippen LogP contribution in [0.15, 0.2) is 30.3 Å². The zero-order valence-electron chi connectivity index (χ0n) is 12.2. The first-order chi connectivity index (χ1) is 9.78. The Morgan fingerprint density at radius 1 is 1.40 bits per heavy atom. The average Bonchev–Trinajstić information content (AvgIpc) is 2.52. The molecule has 1 aromatic carbocycles. The van der Waals surface area contributed by atoms with E-state index in [0.717, 1.165) is 26.2 Å². The molecule has 20 heavy (non-hydrogen) atoms. The normalized spacial score (nSPS) is 19.8. The van der Waals surface area contributed by atoms with E-state index in [0.29, 0.717) is 12.5 Å². The minimum atomic E-state index is -0.121. The molecule has 0 radical (unpaired) electrons. The van der Waals surface area contributed by atoms with Crippen molar-refractivity contribution in [3.63, 3.8) is 0 Å². The molecule has 1 N–H and O–H groups in total. The number of piperidine rings is 1. The molecule has 4 heteroatoms. The lowest BCUT2D eigenvalue weighted by Crippen LogP contribution is -2.45. The maximum atomic E-state index is 11.2. The molecule has 1 saturated heterocycles. The Hall–Kier alpha value is -1.39. The Kier molecular flexibility index (Phi) is 6.02. The molecular weight excluding hydrogens is 252 g/mol. The summed E-state index contributed by atoms with van der Waals surface area (Å²) in [7, 11) is 1.45. The summed E-state index contributed by atoms with van der Waals surface area (Å²) in [5.74, 6) is -0.121. The highest BCUT2D eigenvalue weighted by atomic mass is 16.5. The summed E-state index contributed by atoms with van der Waals surface area (Å²) >= 11 is 0. The van der Waals surface area contributed by atoms with Crippen molar-refractivity contribution in [2.45, 2.75) is 31.8 Å². The average molecular weight is 276 g/mol. The van der Waals surface area contributed by atoms with E-state index < -0.39 is 0 Å². The maximum Gasteiger partial charge on any atom is 0.306 e. The summed E-state index contributed by atoms with van der Waals surface area (Å²) in [6.45, 7) is 3.82. The first-order valence-corrected chi connectivity index (χ1v) is 7.34. The van der Waals surface area contributed by atoms with Crippen LogP contribution in [0.5, 0.6) is 0 Å². The highest BCUT2D eigenvalue weighted by molar-refractivity contribution is 5.69. The van der Waals surface area contributed by atoms with Gasteiger partial charge in [-0.1, -0.05) is 30.3 Å². The Labute approximate surface area is 121 Å². The highest BCUT2D eigenvalue weighted by Crippen LogP contribution is 2.11. The Morgan fingerprint density at radius 2 is 2.20 bits per heavy atom. The van der Waals surface area contributed by atoms with Gasteiger partial charge in [-0.15, -0.1) is 0 Å². The predicted octanol–water partition coefficient (Wildman–Crippen LogP) is 1.80. The van der Waals surface area contributed by atoms with Crippen molar-refractivity contribution < 1.29 is 9.53 Å². The van der Waals surface area contributed by atoms with Crippen molar-refractivity contribution in [1.29, 1.82) is 0 Å². The molecule has 4 nitrogen and oxygen atoms in total. The second-order valence-electron chi connectivity index (χ2n) is 5.33. The summed E-state index contributed by atoms with van der Waals surface area (Å²) in [6.07, 6.45) is 2.89. The number of carbonyl (C=O) groups excluding carboxylic acids is 1. The highest BCUT2D eigenvalue weighted by Gasteiger charge is 2.19. The minimum Gasteiger partial charge on any atom is -0.469 e. The molecule has 110 valence electrons. The van der Waals surface area contributed by atoms with Crippen LogP contribution in [0.25, 0.3) is 0 Å². The van der Waals surface area contributed by atoms with Crippen molar-refractivity contribution in [3.05, 3.63) is 35.9 Å². The van der Waals surface area contributed by atoms with Gasteiger partial charge in [-0.25, -0.2) is 0 Å². The first kappa shape index (κ1) is 15.0. The fraction of sp³-hybridized carbons (Fsp3) is 0.562. The molecule has 1 heterocycles. The van der Waals surface area contributed by atoms with Crippen molar-refractivity contribution in [1.82, 2.24) is 10.2 Å². The quantitative estimate of drug-likeness (QED) is 0.805. The van der Waals surface area contributed by atoms with Crippen LogP contribution in [0, 0.1) is 0 Å². The van der Waals surface area contributed by atoms with E-state index in [-0.39, 0.29) is 5.97 Å².